The number of benzene rings is 1. The molecule has 2 heterocycles. The number of esters is 2. The third kappa shape index (κ3) is 3.35. The maximum atomic E-state index is 13.0. The molecule has 7 heteroatoms. The van der Waals surface area contributed by atoms with Crippen LogP contribution in [-0.2, 0) is 25.5 Å². The second kappa shape index (κ2) is 8.22. The zero-order valence-corrected chi connectivity index (χ0v) is 16.9. The SMILES string of the molecule is CCC[C@H]1NC(C(=O)OCC)(C(=O)OCC)Cc2c1[nH]c1ccc(OC)cc21. The van der Waals surface area contributed by atoms with Crippen LogP contribution in [0.4, 0.5) is 0 Å². The summed E-state index contributed by atoms with van der Waals surface area (Å²) >= 11 is 0. The van der Waals surface area contributed by atoms with E-state index in [1.54, 1.807) is 21.0 Å². The summed E-state index contributed by atoms with van der Waals surface area (Å²) in [5.41, 5.74) is 1.30. The van der Waals surface area contributed by atoms with E-state index in [-0.39, 0.29) is 25.7 Å². The van der Waals surface area contributed by atoms with Gasteiger partial charge in [-0.3, -0.25) is 5.32 Å². The fourth-order valence-electron chi connectivity index (χ4n) is 3.91. The molecule has 1 aromatic carbocycles. The minimum absolute atomic E-state index is 0.160. The topological polar surface area (TPSA) is 89.6 Å². The van der Waals surface area contributed by atoms with Crippen molar-refractivity contribution in [2.45, 2.75) is 51.6 Å². The van der Waals surface area contributed by atoms with Gasteiger partial charge >= 0.3 is 11.9 Å². The van der Waals surface area contributed by atoms with E-state index in [9.17, 15) is 9.59 Å². The van der Waals surface area contributed by atoms with Crippen LogP contribution in [0, 0.1) is 0 Å². The van der Waals surface area contributed by atoms with Gasteiger partial charge in [0.05, 0.1) is 20.3 Å². The zero-order valence-electron chi connectivity index (χ0n) is 16.9. The van der Waals surface area contributed by atoms with Crippen molar-refractivity contribution in [1.82, 2.24) is 10.3 Å². The largest absolute Gasteiger partial charge is 0.497 e. The molecule has 0 fully saturated rings. The number of aromatic amines is 1. The lowest BCUT2D eigenvalue weighted by Gasteiger charge is -2.38. The fraction of sp³-hybridized carbons (Fsp3) is 0.524. The molecule has 0 amide bonds. The average molecular weight is 388 g/mol. The molecule has 3 rings (SSSR count). The normalized spacial score (nSPS) is 17.8. The van der Waals surface area contributed by atoms with E-state index in [1.807, 2.05) is 18.2 Å². The Hall–Kier alpha value is -2.54. The number of carbonyl (C=O) groups excluding carboxylic acids is 2. The first kappa shape index (κ1) is 20.2. The molecular formula is C21H28N2O5. The number of methoxy groups -OCH3 is 1. The quantitative estimate of drug-likeness (QED) is 0.560. The second-order valence-electron chi connectivity index (χ2n) is 6.94. The predicted octanol–water partition coefficient (Wildman–Crippen LogP) is 3.03. The van der Waals surface area contributed by atoms with Gasteiger partial charge in [0.25, 0.3) is 0 Å². The molecule has 0 saturated heterocycles. The van der Waals surface area contributed by atoms with Crippen molar-refractivity contribution in [3.63, 3.8) is 0 Å². The Morgan fingerprint density at radius 1 is 1.14 bits per heavy atom. The van der Waals surface area contributed by atoms with Crippen molar-refractivity contribution in [1.29, 1.82) is 0 Å². The lowest BCUT2D eigenvalue weighted by molar-refractivity contribution is -0.167. The van der Waals surface area contributed by atoms with Crippen molar-refractivity contribution >= 4 is 22.8 Å². The van der Waals surface area contributed by atoms with Crippen LogP contribution >= 0.6 is 0 Å². The van der Waals surface area contributed by atoms with Crippen molar-refractivity contribution in [2.24, 2.45) is 0 Å². The molecule has 0 bridgehead atoms. The molecule has 152 valence electrons. The molecule has 2 aromatic rings. The molecule has 0 unspecified atom stereocenters. The molecule has 1 atom stereocenters. The molecule has 0 aliphatic carbocycles. The number of rotatable bonds is 7. The molecule has 0 spiro atoms. The molecule has 1 aromatic heterocycles. The summed E-state index contributed by atoms with van der Waals surface area (Å²) in [6.07, 6.45) is 1.81. The highest BCUT2D eigenvalue weighted by molar-refractivity contribution is 6.06. The Bertz CT molecular complexity index is 855. The Morgan fingerprint density at radius 2 is 1.82 bits per heavy atom. The Morgan fingerprint density at radius 3 is 2.39 bits per heavy atom. The van der Waals surface area contributed by atoms with Crippen LogP contribution in [0.5, 0.6) is 5.75 Å². The molecule has 2 N–H and O–H groups in total. The van der Waals surface area contributed by atoms with Gasteiger partial charge in [0.1, 0.15) is 5.75 Å². The van der Waals surface area contributed by atoms with E-state index >= 15 is 0 Å². The van der Waals surface area contributed by atoms with E-state index in [2.05, 4.69) is 17.2 Å². The smallest absolute Gasteiger partial charge is 0.338 e. The highest BCUT2D eigenvalue weighted by atomic mass is 16.6. The lowest BCUT2D eigenvalue weighted by Crippen LogP contribution is -2.64. The first-order valence-electron chi connectivity index (χ1n) is 9.81. The van der Waals surface area contributed by atoms with Gasteiger partial charge in [-0.15, -0.1) is 0 Å². The van der Waals surface area contributed by atoms with E-state index in [0.29, 0.717) is 0 Å². The second-order valence-corrected chi connectivity index (χ2v) is 6.94. The Labute approximate surface area is 164 Å². The number of carbonyl (C=O) groups is 2. The van der Waals surface area contributed by atoms with E-state index < -0.39 is 17.5 Å². The maximum absolute atomic E-state index is 13.0. The van der Waals surface area contributed by atoms with Crippen molar-refractivity contribution in [3.05, 3.63) is 29.5 Å². The van der Waals surface area contributed by atoms with Crippen LogP contribution < -0.4 is 10.1 Å². The number of aromatic nitrogens is 1. The molecule has 28 heavy (non-hydrogen) atoms. The summed E-state index contributed by atoms with van der Waals surface area (Å²) in [5, 5.41) is 4.21. The third-order valence-electron chi connectivity index (χ3n) is 5.18. The first-order chi connectivity index (χ1) is 13.5. The molecule has 0 radical (unpaired) electrons. The number of H-pyrrole nitrogens is 1. The zero-order chi connectivity index (χ0) is 20.3. The number of ether oxygens (including phenoxy) is 3. The van der Waals surface area contributed by atoms with Gasteiger partial charge in [0.2, 0.25) is 5.54 Å². The highest BCUT2D eigenvalue weighted by Gasteiger charge is 2.54. The van der Waals surface area contributed by atoms with Gasteiger partial charge in [-0.25, -0.2) is 9.59 Å². The standard InChI is InChI=1S/C21H28N2O5/c1-5-8-17-18-15(14-11-13(26-4)9-10-16(14)22-18)12-21(23-17,19(24)27-6-2)20(25)28-7-3/h9-11,17,22-23H,5-8,12H2,1-4H3/t17-/m1/s1. The predicted molar refractivity (Wildman–Crippen MR) is 105 cm³/mol. The van der Waals surface area contributed by atoms with Crippen LogP contribution in [-0.4, -0.2) is 42.8 Å². The summed E-state index contributed by atoms with van der Waals surface area (Å²) in [5.74, 6) is -0.479. The maximum Gasteiger partial charge on any atom is 0.338 e. The van der Waals surface area contributed by atoms with Gasteiger partial charge < -0.3 is 19.2 Å². The molecule has 7 nitrogen and oxygen atoms in total. The average Bonchev–Trinajstić information content (AvgIpc) is 3.06. The minimum atomic E-state index is -1.56. The lowest BCUT2D eigenvalue weighted by atomic mass is 9.82. The summed E-state index contributed by atoms with van der Waals surface area (Å²) in [6.45, 7) is 5.90. The van der Waals surface area contributed by atoms with Crippen LogP contribution in [0.15, 0.2) is 18.2 Å². The molecule has 1 aliphatic rings. The van der Waals surface area contributed by atoms with E-state index in [4.69, 9.17) is 14.2 Å². The van der Waals surface area contributed by atoms with E-state index in [0.717, 1.165) is 40.8 Å². The van der Waals surface area contributed by atoms with Crippen LogP contribution in [0.1, 0.15) is 50.9 Å². The van der Waals surface area contributed by atoms with Gasteiger partial charge in [-0.2, -0.15) is 0 Å². The van der Waals surface area contributed by atoms with Crippen LogP contribution in [0.2, 0.25) is 0 Å². The third-order valence-corrected chi connectivity index (χ3v) is 5.18. The summed E-state index contributed by atoms with van der Waals surface area (Å²) in [4.78, 5) is 29.4. The first-order valence-corrected chi connectivity index (χ1v) is 9.81. The molecule has 1 aliphatic heterocycles. The summed E-state index contributed by atoms with van der Waals surface area (Å²) < 4.78 is 15.9. The van der Waals surface area contributed by atoms with Crippen molar-refractivity contribution in [3.8, 4) is 5.75 Å². The number of nitrogens with one attached hydrogen (secondary N) is 2. The number of hydrogen-bond donors (Lipinski definition) is 2. The molecule has 0 saturated carbocycles. The van der Waals surface area contributed by atoms with Gasteiger partial charge in [0, 0.05) is 29.1 Å². The Balaban J connectivity index is 2.18. The summed E-state index contributed by atoms with van der Waals surface area (Å²) in [6, 6.07) is 5.57. The van der Waals surface area contributed by atoms with Crippen LogP contribution in [0.25, 0.3) is 10.9 Å². The minimum Gasteiger partial charge on any atom is -0.497 e. The fourth-order valence-corrected chi connectivity index (χ4v) is 3.91. The van der Waals surface area contributed by atoms with E-state index in [1.165, 1.54) is 0 Å². The monoisotopic (exact) mass is 388 g/mol. The van der Waals surface area contributed by atoms with Crippen molar-refractivity contribution in [2.75, 3.05) is 20.3 Å². The van der Waals surface area contributed by atoms with Crippen molar-refractivity contribution < 1.29 is 23.8 Å². The molecular weight excluding hydrogens is 360 g/mol. The highest BCUT2D eigenvalue weighted by Crippen LogP contribution is 2.39. The number of fused-ring (bicyclic) bond motifs is 3. The van der Waals surface area contributed by atoms with Crippen LogP contribution in [0.3, 0.4) is 0 Å². The van der Waals surface area contributed by atoms with Gasteiger partial charge in [0.15, 0.2) is 0 Å². The number of hydrogen-bond acceptors (Lipinski definition) is 6. The summed E-state index contributed by atoms with van der Waals surface area (Å²) in [7, 11) is 1.61. The van der Waals surface area contributed by atoms with Gasteiger partial charge in [-0.05, 0) is 44.0 Å². The van der Waals surface area contributed by atoms with Gasteiger partial charge in [-0.1, -0.05) is 13.3 Å². The Kier molecular flexibility index (Phi) is 5.93.